The van der Waals surface area contributed by atoms with Crippen LogP contribution in [0.4, 0.5) is 26.3 Å². The van der Waals surface area contributed by atoms with E-state index in [-0.39, 0.29) is 6.61 Å². The van der Waals surface area contributed by atoms with Crippen LogP contribution in [-0.2, 0) is 4.74 Å². The van der Waals surface area contributed by atoms with Crippen LogP contribution in [0.25, 0.3) is 0 Å². The molecule has 0 atom stereocenters. The molecule has 0 fully saturated rings. The average Bonchev–Trinajstić information content (AvgIpc) is 1.99. The fourth-order valence-corrected chi connectivity index (χ4v) is 0.787. The highest BCUT2D eigenvalue weighted by Gasteiger charge is 2.53. The van der Waals surface area contributed by atoms with Gasteiger partial charge in [0, 0.05) is 6.54 Å². The van der Waals surface area contributed by atoms with Crippen molar-refractivity contribution < 1.29 is 36.2 Å². The van der Waals surface area contributed by atoms with Crippen molar-refractivity contribution >= 4 is 0 Å². The number of rotatable bonds is 5. The summed E-state index contributed by atoms with van der Waals surface area (Å²) in [6.07, 6.45) is -11.4. The summed E-state index contributed by atoms with van der Waals surface area (Å²) in [5, 5.41) is 8.07. The third kappa shape index (κ3) is 5.80. The molecule has 9 heteroatoms. The molecule has 0 aliphatic heterocycles. The van der Waals surface area contributed by atoms with Gasteiger partial charge in [-0.1, -0.05) is 0 Å². The number of aliphatic hydroxyl groups is 1. The Labute approximate surface area is 81.2 Å². The summed E-state index contributed by atoms with van der Waals surface area (Å²) < 4.78 is 75.2. The quantitative estimate of drug-likeness (QED) is 0.344. The highest BCUT2D eigenvalue weighted by molar-refractivity contribution is 4.63. The molecule has 1 N–H and O–H groups in total. The molecule has 0 spiro atoms. The highest BCUT2D eigenvalue weighted by Crippen LogP contribution is 2.33. The minimum Gasteiger partial charge on any atom is -0.371 e. The largest absolute Gasteiger partial charge is 0.467 e. The summed E-state index contributed by atoms with van der Waals surface area (Å²) in [6.45, 7) is -2.37. The molecule has 0 heterocycles. The minimum absolute atomic E-state index is 0.376. The van der Waals surface area contributed by atoms with Crippen LogP contribution in [0.1, 0.15) is 6.42 Å². The van der Waals surface area contributed by atoms with E-state index < -0.39 is 37.3 Å². The first kappa shape index (κ1) is 14.5. The molecule has 0 amide bonds. The standard InChI is InChI=1S/C6H9F6NO2/c7-5(8,9)13(6(10,11)12)2-1-3-15-4-14/h14H,1-4H2. The second-order valence-corrected chi connectivity index (χ2v) is 2.48. The molecule has 0 aliphatic rings. The van der Waals surface area contributed by atoms with Crippen LogP contribution in [-0.4, -0.2) is 42.6 Å². The van der Waals surface area contributed by atoms with E-state index in [0.29, 0.717) is 0 Å². The van der Waals surface area contributed by atoms with Gasteiger partial charge in [-0.3, -0.25) is 0 Å². The number of aliphatic hydroxyl groups excluding tert-OH is 1. The van der Waals surface area contributed by atoms with Gasteiger partial charge in [0.25, 0.3) is 0 Å². The maximum absolute atomic E-state index is 11.8. The predicted octanol–water partition coefficient (Wildman–Crippen LogP) is 1.68. The van der Waals surface area contributed by atoms with E-state index in [1.165, 1.54) is 0 Å². The van der Waals surface area contributed by atoms with Crippen molar-refractivity contribution in [3.05, 3.63) is 0 Å². The molecule has 92 valence electrons. The second-order valence-electron chi connectivity index (χ2n) is 2.48. The normalized spacial score (nSPS) is 13.6. The van der Waals surface area contributed by atoms with Gasteiger partial charge in [0.1, 0.15) is 6.79 Å². The van der Waals surface area contributed by atoms with Crippen LogP contribution in [0.15, 0.2) is 0 Å². The Kier molecular flexibility index (Phi) is 5.32. The summed E-state index contributed by atoms with van der Waals surface area (Å²) in [4.78, 5) is -1.54. The summed E-state index contributed by atoms with van der Waals surface area (Å²) in [6, 6.07) is 0. The molecule has 15 heavy (non-hydrogen) atoms. The Morgan fingerprint density at radius 1 is 1.00 bits per heavy atom. The van der Waals surface area contributed by atoms with Gasteiger partial charge in [0.15, 0.2) is 0 Å². The van der Waals surface area contributed by atoms with Gasteiger partial charge in [-0.05, 0) is 6.42 Å². The molecule has 0 aromatic carbocycles. The highest BCUT2D eigenvalue weighted by atomic mass is 19.4. The third-order valence-electron chi connectivity index (χ3n) is 1.37. The van der Waals surface area contributed by atoms with Crippen molar-refractivity contribution in [2.75, 3.05) is 19.9 Å². The molecular weight excluding hydrogens is 232 g/mol. The molecule has 0 radical (unpaired) electrons. The fourth-order valence-electron chi connectivity index (χ4n) is 0.787. The minimum atomic E-state index is -5.46. The van der Waals surface area contributed by atoms with Gasteiger partial charge >= 0.3 is 12.6 Å². The first-order valence-electron chi connectivity index (χ1n) is 3.79. The Morgan fingerprint density at radius 3 is 1.80 bits per heavy atom. The molecule has 0 saturated heterocycles. The van der Waals surface area contributed by atoms with Gasteiger partial charge in [-0.15, -0.1) is 4.90 Å². The van der Waals surface area contributed by atoms with Gasteiger partial charge < -0.3 is 9.84 Å². The predicted molar refractivity (Wildman–Crippen MR) is 36.5 cm³/mol. The second kappa shape index (κ2) is 5.52. The van der Waals surface area contributed by atoms with E-state index >= 15 is 0 Å². The van der Waals surface area contributed by atoms with Crippen LogP contribution >= 0.6 is 0 Å². The van der Waals surface area contributed by atoms with E-state index in [0.717, 1.165) is 0 Å². The summed E-state index contributed by atoms with van der Waals surface area (Å²) in [5.74, 6) is 0. The maximum atomic E-state index is 11.8. The van der Waals surface area contributed by atoms with E-state index in [9.17, 15) is 26.3 Å². The number of ether oxygens (including phenoxy) is 1. The van der Waals surface area contributed by atoms with Crippen molar-refractivity contribution in [3.8, 4) is 0 Å². The number of hydrogen-bond acceptors (Lipinski definition) is 3. The lowest BCUT2D eigenvalue weighted by atomic mass is 10.4. The van der Waals surface area contributed by atoms with Crippen molar-refractivity contribution in [3.63, 3.8) is 0 Å². The molecule has 0 rings (SSSR count). The summed E-state index contributed by atoms with van der Waals surface area (Å²) in [7, 11) is 0. The lowest BCUT2D eigenvalue weighted by molar-refractivity contribution is -0.373. The lowest BCUT2D eigenvalue weighted by Crippen LogP contribution is -2.48. The zero-order chi connectivity index (χ0) is 12.1. The van der Waals surface area contributed by atoms with E-state index in [1.807, 2.05) is 0 Å². The van der Waals surface area contributed by atoms with Crippen LogP contribution in [0, 0.1) is 0 Å². The Hall–Kier alpha value is -0.540. The molecule has 0 saturated carbocycles. The summed E-state index contributed by atoms with van der Waals surface area (Å²) >= 11 is 0. The van der Waals surface area contributed by atoms with Crippen molar-refractivity contribution in [2.24, 2.45) is 0 Å². The van der Waals surface area contributed by atoms with Gasteiger partial charge in [-0.25, -0.2) is 0 Å². The Balaban J connectivity index is 4.17. The van der Waals surface area contributed by atoms with E-state index in [1.54, 1.807) is 0 Å². The van der Waals surface area contributed by atoms with E-state index in [4.69, 9.17) is 5.11 Å². The average molecular weight is 241 g/mol. The van der Waals surface area contributed by atoms with Gasteiger partial charge in [0.2, 0.25) is 0 Å². The Morgan fingerprint density at radius 2 is 1.47 bits per heavy atom. The van der Waals surface area contributed by atoms with E-state index in [2.05, 4.69) is 4.74 Å². The smallest absolute Gasteiger partial charge is 0.371 e. The van der Waals surface area contributed by atoms with Crippen LogP contribution in [0.3, 0.4) is 0 Å². The molecule has 0 aliphatic carbocycles. The topological polar surface area (TPSA) is 32.7 Å². The fraction of sp³-hybridized carbons (Fsp3) is 1.00. The molecule has 0 aromatic rings. The molecular formula is C6H9F6NO2. The molecule has 3 nitrogen and oxygen atoms in total. The monoisotopic (exact) mass is 241 g/mol. The number of nitrogens with zero attached hydrogens (tertiary/aromatic N) is 1. The van der Waals surface area contributed by atoms with Crippen molar-refractivity contribution in [1.82, 2.24) is 4.90 Å². The SMILES string of the molecule is OCOCCCN(C(F)(F)F)C(F)(F)F. The van der Waals surface area contributed by atoms with Crippen molar-refractivity contribution in [2.45, 2.75) is 19.0 Å². The van der Waals surface area contributed by atoms with Crippen LogP contribution in [0.2, 0.25) is 0 Å². The lowest BCUT2D eigenvalue weighted by Gasteiger charge is -2.26. The zero-order valence-corrected chi connectivity index (χ0v) is 7.40. The molecule has 0 unspecified atom stereocenters. The Bertz CT molecular complexity index is 165. The maximum Gasteiger partial charge on any atom is 0.467 e. The third-order valence-corrected chi connectivity index (χ3v) is 1.37. The first-order chi connectivity index (χ1) is 6.69. The van der Waals surface area contributed by atoms with Gasteiger partial charge in [-0.2, -0.15) is 26.3 Å². The summed E-state index contributed by atoms with van der Waals surface area (Å²) in [5.41, 5.74) is 0. The molecule has 0 bridgehead atoms. The number of hydrogen-bond donors (Lipinski definition) is 1. The first-order valence-corrected chi connectivity index (χ1v) is 3.79. The van der Waals surface area contributed by atoms with Crippen LogP contribution < -0.4 is 0 Å². The number of alkyl halides is 6. The van der Waals surface area contributed by atoms with Crippen LogP contribution in [0.5, 0.6) is 0 Å². The zero-order valence-electron chi connectivity index (χ0n) is 7.40. The van der Waals surface area contributed by atoms with Gasteiger partial charge in [0.05, 0.1) is 6.61 Å². The molecule has 0 aromatic heterocycles. The van der Waals surface area contributed by atoms with Crippen molar-refractivity contribution in [1.29, 1.82) is 0 Å². The number of halogens is 6.